The molecular formula is C19H19F12NO. The molecule has 0 aliphatic carbocycles. The molecule has 0 aromatic rings. The van der Waals surface area contributed by atoms with E-state index in [9.17, 15) is 57.5 Å². The van der Waals surface area contributed by atoms with Gasteiger partial charge in [0.15, 0.2) is 0 Å². The zero-order valence-corrected chi connectivity index (χ0v) is 16.7. The van der Waals surface area contributed by atoms with Gasteiger partial charge in [0.05, 0.1) is 0 Å². The molecule has 190 valence electrons. The zero-order valence-electron chi connectivity index (χ0n) is 16.7. The monoisotopic (exact) mass is 505 g/mol. The standard InChI is InChI=1S/C10H6F12.C9H13NO/c1-3-5(11,12)7(15,16)9(19,20)10(21,22)8(17,18)6(13,14)4-2;1-4-7-10(8-5-2)9(11)6-3/h3-4H,1-2H2;4-6H,1-3,7-8H2. The van der Waals surface area contributed by atoms with Crippen LogP contribution in [0.15, 0.2) is 63.3 Å². The van der Waals surface area contributed by atoms with E-state index >= 15 is 0 Å². The Bertz CT molecular complexity index is 691. The average molecular weight is 505 g/mol. The second kappa shape index (κ2) is 11.0. The Hall–Kier alpha value is -2.67. The van der Waals surface area contributed by atoms with Gasteiger partial charge in [0, 0.05) is 13.1 Å². The first kappa shape index (κ1) is 32.5. The van der Waals surface area contributed by atoms with Crippen LogP contribution in [-0.2, 0) is 4.79 Å². The van der Waals surface area contributed by atoms with E-state index in [4.69, 9.17) is 0 Å². The fourth-order valence-electron chi connectivity index (χ4n) is 1.76. The first-order valence-electron chi connectivity index (χ1n) is 8.30. The van der Waals surface area contributed by atoms with E-state index in [1.165, 1.54) is 6.08 Å². The highest BCUT2D eigenvalue weighted by molar-refractivity contribution is 5.87. The summed E-state index contributed by atoms with van der Waals surface area (Å²) in [6.45, 7) is 15.5. The van der Waals surface area contributed by atoms with E-state index in [1.54, 1.807) is 17.1 Å². The van der Waals surface area contributed by atoms with Gasteiger partial charge in [-0.15, -0.1) is 13.2 Å². The largest absolute Gasteiger partial charge is 0.385 e. The van der Waals surface area contributed by atoms with Crippen LogP contribution in [0.1, 0.15) is 0 Å². The summed E-state index contributed by atoms with van der Waals surface area (Å²) in [7, 11) is 0. The number of carbonyl (C=O) groups is 1. The Labute approximate surface area is 181 Å². The van der Waals surface area contributed by atoms with Gasteiger partial charge in [0.1, 0.15) is 0 Å². The van der Waals surface area contributed by atoms with Gasteiger partial charge in [-0.1, -0.05) is 31.9 Å². The smallest absolute Gasteiger partial charge is 0.332 e. The Morgan fingerprint density at radius 1 is 0.576 bits per heavy atom. The van der Waals surface area contributed by atoms with Gasteiger partial charge in [-0.25, -0.2) is 0 Å². The van der Waals surface area contributed by atoms with Gasteiger partial charge in [-0.2, -0.15) is 52.7 Å². The van der Waals surface area contributed by atoms with Crippen LogP contribution in [0, 0.1) is 0 Å². The number of nitrogens with zero attached hydrogens (tertiary/aromatic N) is 1. The van der Waals surface area contributed by atoms with Crippen molar-refractivity contribution in [2.75, 3.05) is 13.1 Å². The molecule has 0 heterocycles. The van der Waals surface area contributed by atoms with Crippen molar-refractivity contribution in [2.45, 2.75) is 35.5 Å². The molecule has 0 spiro atoms. The normalized spacial score (nSPS) is 13.2. The highest BCUT2D eigenvalue weighted by Gasteiger charge is 2.89. The average Bonchev–Trinajstić information content (AvgIpc) is 2.72. The van der Waals surface area contributed by atoms with Crippen molar-refractivity contribution in [2.24, 2.45) is 0 Å². The number of halogens is 12. The van der Waals surface area contributed by atoms with Crippen LogP contribution in [0.3, 0.4) is 0 Å². The third-order valence-electron chi connectivity index (χ3n) is 3.72. The van der Waals surface area contributed by atoms with E-state index in [1.807, 2.05) is 13.2 Å². The minimum atomic E-state index is -7.55. The number of hydrogen-bond acceptors (Lipinski definition) is 1. The second-order valence-electron chi connectivity index (χ2n) is 5.98. The lowest BCUT2D eigenvalue weighted by atomic mass is 9.91. The maximum atomic E-state index is 12.9. The maximum Gasteiger partial charge on any atom is 0.385 e. The molecule has 1 amide bonds. The SMILES string of the molecule is C=CC(F)(F)C(F)(F)C(F)(F)C(F)(F)C(F)(F)C(F)(F)C=C.C=CCN(CC=C)C(=O)C=C. The number of carbonyl (C=O) groups excluding carboxylic acids is 1. The molecule has 0 aliphatic heterocycles. The first-order chi connectivity index (χ1) is 14.6. The Kier molecular flexibility index (Phi) is 10.8. The summed E-state index contributed by atoms with van der Waals surface area (Å²) in [6, 6.07) is 0. The highest BCUT2D eigenvalue weighted by atomic mass is 19.4. The summed E-state index contributed by atoms with van der Waals surface area (Å²) in [5.41, 5.74) is 0. The molecule has 0 atom stereocenters. The summed E-state index contributed by atoms with van der Waals surface area (Å²) in [6.07, 6.45) is 2.21. The van der Waals surface area contributed by atoms with Crippen molar-refractivity contribution < 1.29 is 57.5 Å². The first-order valence-corrected chi connectivity index (χ1v) is 8.30. The molecule has 0 aromatic carbocycles. The molecule has 0 aliphatic rings. The van der Waals surface area contributed by atoms with E-state index in [2.05, 4.69) is 19.7 Å². The summed E-state index contributed by atoms with van der Waals surface area (Å²) < 4.78 is 154. The lowest BCUT2D eigenvalue weighted by Crippen LogP contribution is -2.70. The molecule has 0 unspecified atom stereocenters. The van der Waals surface area contributed by atoms with Crippen LogP contribution in [0.2, 0.25) is 0 Å². The van der Waals surface area contributed by atoms with Gasteiger partial charge < -0.3 is 4.90 Å². The van der Waals surface area contributed by atoms with Gasteiger partial charge >= 0.3 is 35.5 Å². The van der Waals surface area contributed by atoms with Crippen LogP contribution >= 0.6 is 0 Å². The van der Waals surface area contributed by atoms with Crippen molar-refractivity contribution in [1.82, 2.24) is 4.90 Å². The fourth-order valence-corrected chi connectivity index (χ4v) is 1.76. The molecule has 0 N–H and O–H groups in total. The lowest BCUT2D eigenvalue weighted by molar-refractivity contribution is -0.415. The predicted octanol–water partition coefficient (Wildman–Crippen LogP) is 6.54. The molecule has 0 aromatic heterocycles. The molecule has 0 saturated carbocycles. The van der Waals surface area contributed by atoms with Gasteiger partial charge in [0.2, 0.25) is 5.91 Å². The molecule has 0 fully saturated rings. The molecular weight excluding hydrogens is 486 g/mol. The Morgan fingerprint density at radius 2 is 0.848 bits per heavy atom. The zero-order chi connectivity index (χ0) is 27.1. The number of hydrogen-bond donors (Lipinski definition) is 0. The summed E-state index contributed by atoms with van der Waals surface area (Å²) in [5, 5.41) is 0. The highest BCUT2D eigenvalue weighted by Crippen LogP contribution is 2.60. The van der Waals surface area contributed by atoms with Crippen LogP contribution in [0.5, 0.6) is 0 Å². The maximum absolute atomic E-state index is 12.9. The van der Waals surface area contributed by atoms with Gasteiger partial charge in [0.25, 0.3) is 0 Å². The van der Waals surface area contributed by atoms with E-state index in [0.717, 1.165) is 0 Å². The summed E-state index contributed by atoms with van der Waals surface area (Å²) in [5.74, 6) is -41.6. The van der Waals surface area contributed by atoms with E-state index in [-0.39, 0.29) is 5.91 Å². The van der Waals surface area contributed by atoms with Crippen molar-refractivity contribution in [1.29, 1.82) is 0 Å². The van der Waals surface area contributed by atoms with Crippen LogP contribution in [-0.4, -0.2) is 59.4 Å². The van der Waals surface area contributed by atoms with Crippen molar-refractivity contribution in [3.8, 4) is 0 Å². The molecule has 0 saturated heterocycles. The number of rotatable bonds is 12. The molecule has 14 heteroatoms. The van der Waals surface area contributed by atoms with Crippen molar-refractivity contribution in [3.63, 3.8) is 0 Å². The quantitative estimate of drug-likeness (QED) is 0.168. The summed E-state index contributed by atoms with van der Waals surface area (Å²) in [4.78, 5) is 12.6. The van der Waals surface area contributed by atoms with Crippen LogP contribution in [0.4, 0.5) is 52.7 Å². The Balaban J connectivity index is 0. The minimum absolute atomic E-state index is 0.0928. The molecule has 0 radical (unpaired) electrons. The lowest BCUT2D eigenvalue weighted by Gasteiger charge is -2.40. The minimum Gasteiger partial charge on any atom is -0.332 e. The van der Waals surface area contributed by atoms with Crippen molar-refractivity contribution >= 4 is 5.91 Å². The number of allylic oxidation sites excluding steroid dienone is 2. The molecule has 0 bridgehead atoms. The van der Waals surface area contributed by atoms with E-state index in [0.29, 0.717) is 13.1 Å². The molecule has 33 heavy (non-hydrogen) atoms. The molecule has 2 nitrogen and oxygen atoms in total. The second-order valence-corrected chi connectivity index (χ2v) is 5.98. The van der Waals surface area contributed by atoms with Gasteiger partial charge in [-0.05, 0) is 18.2 Å². The summed E-state index contributed by atoms with van der Waals surface area (Å²) >= 11 is 0. The Morgan fingerprint density at radius 3 is 1.03 bits per heavy atom. The van der Waals surface area contributed by atoms with Crippen molar-refractivity contribution in [3.05, 3.63) is 63.3 Å². The number of amides is 1. The molecule has 0 rings (SSSR count). The predicted molar refractivity (Wildman–Crippen MR) is 97.2 cm³/mol. The fraction of sp³-hybridized carbons (Fsp3) is 0.421. The van der Waals surface area contributed by atoms with Gasteiger partial charge in [-0.3, -0.25) is 4.79 Å². The topological polar surface area (TPSA) is 20.3 Å². The van der Waals surface area contributed by atoms with Crippen LogP contribution < -0.4 is 0 Å². The number of alkyl halides is 12. The third-order valence-corrected chi connectivity index (χ3v) is 3.72. The third kappa shape index (κ3) is 6.02. The van der Waals surface area contributed by atoms with E-state index < -0.39 is 47.7 Å². The van der Waals surface area contributed by atoms with Crippen LogP contribution in [0.25, 0.3) is 0 Å².